The lowest BCUT2D eigenvalue weighted by Crippen LogP contribution is -2.24. The Hall–Kier alpha value is -1.18. The van der Waals surface area contributed by atoms with E-state index >= 15 is 0 Å². The van der Waals surface area contributed by atoms with Crippen LogP contribution < -0.4 is 0 Å². The van der Waals surface area contributed by atoms with Crippen molar-refractivity contribution in [3.05, 3.63) is 23.8 Å². The normalized spacial score (nSPS) is 39.7. The van der Waals surface area contributed by atoms with Crippen LogP contribution in [-0.4, -0.2) is 11.6 Å². The van der Waals surface area contributed by atoms with Gasteiger partial charge >= 0.3 is 0 Å². The zero-order valence-electron chi connectivity index (χ0n) is 7.95. The largest absolute Gasteiger partial charge is 0.299 e. The van der Waals surface area contributed by atoms with Crippen LogP contribution in [0.15, 0.2) is 23.8 Å². The molecule has 3 aliphatic rings. The van der Waals surface area contributed by atoms with Crippen molar-refractivity contribution in [1.82, 2.24) is 0 Å². The zero-order valence-corrected chi connectivity index (χ0v) is 7.95. The first kappa shape index (κ1) is 8.16. The number of hydrogen-bond acceptors (Lipinski definition) is 2. The van der Waals surface area contributed by atoms with Gasteiger partial charge in [-0.25, -0.2) is 0 Å². The summed E-state index contributed by atoms with van der Waals surface area (Å²) in [7, 11) is 0. The highest BCUT2D eigenvalue weighted by Crippen LogP contribution is 2.54. The maximum absolute atomic E-state index is 11.6. The van der Waals surface area contributed by atoms with Gasteiger partial charge in [-0.2, -0.15) is 0 Å². The van der Waals surface area contributed by atoms with Crippen LogP contribution in [0.2, 0.25) is 0 Å². The molecule has 3 aliphatic carbocycles. The smallest absolute Gasteiger partial charge is 0.178 e. The molecule has 0 heterocycles. The Morgan fingerprint density at radius 1 is 1.36 bits per heavy atom. The maximum Gasteiger partial charge on any atom is 0.178 e. The van der Waals surface area contributed by atoms with Crippen LogP contribution in [0.5, 0.6) is 0 Å². The van der Waals surface area contributed by atoms with E-state index in [9.17, 15) is 9.59 Å². The Morgan fingerprint density at radius 2 is 2.21 bits per heavy atom. The molecule has 2 heteroatoms. The number of Topliss-reactive ketones (excluding diaryl/α,β-unsaturated/α-hetero) is 1. The summed E-state index contributed by atoms with van der Waals surface area (Å²) < 4.78 is 0. The van der Waals surface area contributed by atoms with E-state index in [1.165, 1.54) is 5.57 Å². The summed E-state index contributed by atoms with van der Waals surface area (Å²) in [6, 6.07) is 0. The second-order valence-electron chi connectivity index (χ2n) is 4.64. The lowest BCUT2D eigenvalue weighted by Gasteiger charge is -2.34. The summed E-state index contributed by atoms with van der Waals surface area (Å²) in [5.41, 5.74) is 1.15. The van der Waals surface area contributed by atoms with Crippen LogP contribution in [-0.2, 0) is 9.59 Å². The summed E-state index contributed by atoms with van der Waals surface area (Å²) in [5.74, 6) is 0.751. The van der Waals surface area contributed by atoms with E-state index in [1.54, 1.807) is 12.2 Å². The standard InChI is InChI=1S/C12H12O2/c13-10-3-4-12-6-8(11(14)7-12)1-2-9(12)5-10/h3-5,8H,1-2,6-7H2/t8-,12+/m1/s1. The minimum atomic E-state index is -0.0477. The number of ketones is 2. The third kappa shape index (κ3) is 0.912. The van der Waals surface area contributed by atoms with Crippen LogP contribution in [0, 0.1) is 11.3 Å². The van der Waals surface area contributed by atoms with Crippen LogP contribution >= 0.6 is 0 Å². The van der Waals surface area contributed by atoms with E-state index in [-0.39, 0.29) is 17.1 Å². The van der Waals surface area contributed by atoms with Crippen molar-refractivity contribution in [2.75, 3.05) is 0 Å². The first-order valence-electron chi connectivity index (χ1n) is 5.17. The minimum Gasteiger partial charge on any atom is -0.299 e. The average molecular weight is 188 g/mol. The molecule has 2 nitrogen and oxygen atoms in total. The molecule has 2 bridgehead atoms. The third-order valence-corrected chi connectivity index (χ3v) is 3.84. The van der Waals surface area contributed by atoms with Crippen LogP contribution in [0.1, 0.15) is 25.7 Å². The quantitative estimate of drug-likeness (QED) is 0.581. The lowest BCUT2D eigenvalue weighted by molar-refractivity contribution is -0.120. The SMILES string of the molecule is O=C1C=C[C@]23CC(=O)[C@H](CCC2=C1)C3. The molecular formula is C12H12O2. The van der Waals surface area contributed by atoms with Crippen molar-refractivity contribution in [1.29, 1.82) is 0 Å². The highest BCUT2D eigenvalue weighted by atomic mass is 16.1. The lowest BCUT2D eigenvalue weighted by atomic mass is 9.69. The number of carbonyl (C=O) groups excluding carboxylic acids is 2. The summed E-state index contributed by atoms with van der Waals surface area (Å²) in [4.78, 5) is 22.9. The molecule has 1 spiro atoms. The fourth-order valence-corrected chi connectivity index (χ4v) is 3.08. The van der Waals surface area contributed by atoms with Gasteiger partial charge in [0.15, 0.2) is 5.78 Å². The van der Waals surface area contributed by atoms with Gasteiger partial charge in [0, 0.05) is 17.8 Å². The van der Waals surface area contributed by atoms with E-state index in [4.69, 9.17) is 0 Å². The summed E-state index contributed by atoms with van der Waals surface area (Å²) in [6.45, 7) is 0. The Morgan fingerprint density at radius 3 is 3.07 bits per heavy atom. The highest BCUT2D eigenvalue weighted by Gasteiger charge is 2.49. The van der Waals surface area contributed by atoms with Gasteiger partial charge in [0.05, 0.1) is 0 Å². The second kappa shape index (κ2) is 2.44. The van der Waals surface area contributed by atoms with Crippen LogP contribution in [0.25, 0.3) is 0 Å². The summed E-state index contributed by atoms with van der Waals surface area (Å²) in [6.07, 6.45) is 8.82. The summed E-state index contributed by atoms with van der Waals surface area (Å²) >= 11 is 0. The number of fused-ring (bicyclic) bond motifs is 1. The molecule has 0 aromatic heterocycles. The van der Waals surface area contributed by atoms with Crippen molar-refractivity contribution >= 4 is 11.6 Å². The average Bonchev–Trinajstić information content (AvgIpc) is 2.41. The zero-order chi connectivity index (χ0) is 9.76. The number of carbonyl (C=O) groups is 2. The molecule has 0 aliphatic heterocycles. The molecule has 72 valence electrons. The molecule has 14 heavy (non-hydrogen) atoms. The molecule has 0 N–H and O–H groups in total. The first-order valence-corrected chi connectivity index (χ1v) is 5.17. The maximum atomic E-state index is 11.6. The van der Waals surface area contributed by atoms with Crippen molar-refractivity contribution in [3.8, 4) is 0 Å². The Kier molecular flexibility index (Phi) is 1.42. The topological polar surface area (TPSA) is 34.1 Å². The number of hydrogen-bond donors (Lipinski definition) is 0. The van der Waals surface area contributed by atoms with Crippen LogP contribution in [0.3, 0.4) is 0 Å². The van der Waals surface area contributed by atoms with E-state index in [0.29, 0.717) is 12.2 Å². The first-order chi connectivity index (χ1) is 6.70. The van der Waals surface area contributed by atoms with Gasteiger partial charge in [0.25, 0.3) is 0 Å². The molecule has 3 rings (SSSR count). The predicted molar refractivity (Wildman–Crippen MR) is 51.6 cm³/mol. The summed E-state index contributed by atoms with van der Waals surface area (Å²) in [5, 5.41) is 0. The van der Waals surface area contributed by atoms with Crippen molar-refractivity contribution in [3.63, 3.8) is 0 Å². The van der Waals surface area contributed by atoms with Gasteiger partial charge in [0.1, 0.15) is 5.78 Å². The molecule has 0 unspecified atom stereocenters. The van der Waals surface area contributed by atoms with Crippen molar-refractivity contribution < 1.29 is 9.59 Å². The molecule has 0 amide bonds. The number of rotatable bonds is 0. The van der Waals surface area contributed by atoms with E-state index in [1.807, 2.05) is 6.08 Å². The molecule has 2 saturated carbocycles. The fraction of sp³-hybridized carbons (Fsp3) is 0.500. The van der Waals surface area contributed by atoms with Crippen molar-refractivity contribution in [2.45, 2.75) is 25.7 Å². The fourth-order valence-electron chi connectivity index (χ4n) is 3.08. The monoisotopic (exact) mass is 188 g/mol. The third-order valence-electron chi connectivity index (χ3n) is 3.84. The highest BCUT2D eigenvalue weighted by molar-refractivity contribution is 6.02. The Balaban J connectivity index is 2.09. The molecule has 2 fully saturated rings. The Labute approximate surface area is 82.7 Å². The Bertz CT molecular complexity index is 389. The van der Waals surface area contributed by atoms with Gasteiger partial charge in [-0.15, -0.1) is 0 Å². The van der Waals surface area contributed by atoms with E-state index < -0.39 is 0 Å². The van der Waals surface area contributed by atoms with Gasteiger partial charge in [0.2, 0.25) is 0 Å². The van der Waals surface area contributed by atoms with E-state index in [2.05, 4.69) is 0 Å². The second-order valence-corrected chi connectivity index (χ2v) is 4.64. The predicted octanol–water partition coefficient (Wildman–Crippen LogP) is 1.81. The number of allylic oxidation sites excluding steroid dienone is 4. The molecule has 0 aromatic rings. The molecular weight excluding hydrogens is 176 g/mol. The van der Waals surface area contributed by atoms with Gasteiger partial charge < -0.3 is 0 Å². The van der Waals surface area contributed by atoms with Gasteiger partial charge in [-0.3, -0.25) is 9.59 Å². The van der Waals surface area contributed by atoms with Crippen LogP contribution in [0.4, 0.5) is 0 Å². The molecule has 0 saturated heterocycles. The molecule has 0 aromatic carbocycles. The van der Waals surface area contributed by atoms with E-state index in [0.717, 1.165) is 19.3 Å². The molecule has 0 radical (unpaired) electrons. The molecule has 2 atom stereocenters. The van der Waals surface area contributed by atoms with Crippen molar-refractivity contribution in [2.24, 2.45) is 11.3 Å². The van der Waals surface area contributed by atoms with Gasteiger partial charge in [-0.05, 0) is 31.4 Å². The van der Waals surface area contributed by atoms with Gasteiger partial charge in [-0.1, -0.05) is 11.6 Å². The minimum absolute atomic E-state index is 0.0477.